The molecule has 0 unspecified atom stereocenters. The van der Waals surface area contributed by atoms with Crippen molar-refractivity contribution in [1.29, 1.82) is 0 Å². The van der Waals surface area contributed by atoms with Crippen LogP contribution in [0, 0.1) is 12.3 Å². The van der Waals surface area contributed by atoms with E-state index in [1.807, 2.05) is 0 Å². The van der Waals surface area contributed by atoms with Crippen LogP contribution in [-0.2, 0) is 0 Å². The number of nitrogens with zero attached hydrogens (tertiary/aromatic N) is 1. The van der Waals surface area contributed by atoms with Crippen molar-refractivity contribution in [2.24, 2.45) is 0 Å². The number of rotatable bonds is 3. The first kappa shape index (κ1) is 9.57. The molecule has 0 fully saturated rings. The van der Waals surface area contributed by atoms with E-state index in [9.17, 15) is 4.79 Å². The smallest absolute Gasteiger partial charge is 0.318 e. The molecule has 0 bridgehead atoms. The van der Waals surface area contributed by atoms with E-state index in [-0.39, 0.29) is 6.03 Å². The van der Waals surface area contributed by atoms with Gasteiger partial charge < -0.3 is 10.2 Å². The highest BCUT2D eigenvalue weighted by Crippen LogP contribution is 1.87. The van der Waals surface area contributed by atoms with E-state index in [0.29, 0.717) is 13.1 Å². The van der Waals surface area contributed by atoms with Crippen LogP contribution in [-0.4, -0.2) is 31.1 Å². The van der Waals surface area contributed by atoms with Crippen LogP contribution in [0.4, 0.5) is 4.79 Å². The quantitative estimate of drug-likeness (QED) is 0.462. The Balaban J connectivity index is 3.99. The summed E-state index contributed by atoms with van der Waals surface area (Å²) in [5.41, 5.74) is 0. The van der Waals surface area contributed by atoms with Crippen molar-refractivity contribution in [2.45, 2.75) is 0 Å². The number of carbonyl (C=O) groups is 1. The summed E-state index contributed by atoms with van der Waals surface area (Å²) in [7, 11) is 1.56. The third-order valence-electron chi connectivity index (χ3n) is 1.13. The van der Waals surface area contributed by atoms with Crippen molar-refractivity contribution >= 4 is 6.03 Å². The monoisotopic (exact) mass is 152 g/mol. The molecule has 2 amide bonds. The molecule has 0 atom stereocenters. The predicted octanol–water partition coefficient (Wildman–Crippen LogP) is 0.447. The number of terminal acetylenes is 1. The highest BCUT2D eigenvalue weighted by atomic mass is 16.2. The van der Waals surface area contributed by atoms with Crippen molar-refractivity contribution in [3.63, 3.8) is 0 Å². The third-order valence-corrected chi connectivity index (χ3v) is 1.13. The first-order chi connectivity index (χ1) is 5.26. The van der Waals surface area contributed by atoms with Gasteiger partial charge in [-0.05, 0) is 0 Å². The molecule has 3 nitrogen and oxygen atoms in total. The van der Waals surface area contributed by atoms with Gasteiger partial charge in [-0.15, -0.1) is 13.0 Å². The standard InChI is InChI=1S/C8H12N2O/c1-4-6-10(7-5-2)8(11)9-3/h1,5H,2,6-7H2,3H3,(H,9,11). The molecule has 0 saturated heterocycles. The number of carbonyl (C=O) groups excluding carboxylic acids is 1. The van der Waals surface area contributed by atoms with Gasteiger partial charge in [-0.3, -0.25) is 0 Å². The maximum Gasteiger partial charge on any atom is 0.318 e. The third kappa shape index (κ3) is 3.31. The number of nitrogens with one attached hydrogen (secondary N) is 1. The molecule has 0 aliphatic carbocycles. The molecule has 1 N–H and O–H groups in total. The van der Waals surface area contributed by atoms with E-state index >= 15 is 0 Å². The summed E-state index contributed by atoms with van der Waals surface area (Å²) >= 11 is 0. The topological polar surface area (TPSA) is 32.3 Å². The fourth-order valence-electron chi connectivity index (χ4n) is 0.643. The summed E-state index contributed by atoms with van der Waals surface area (Å²) in [5, 5.41) is 2.48. The van der Waals surface area contributed by atoms with Gasteiger partial charge in [0, 0.05) is 13.6 Å². The van der Waals surface area contributed by atoms with Crippen molar-refractivity contribution in [2.75, 3.05) is 20.1 Å². The molecule has 0 aliphatic heterocycles. The van der Waals surface area contributed by atoms with Crippen LogP contribution in [0.5, 0.6) is 0 Å². The Hall–Kier alpha value is -1.43. The predicted molar refractivity (Wildman–Crippen MR) is 45.1 cm³/mol. The van der Waals surface area contributed by atoms with E-state index in [4.69, 9.17) is 6.42 Å². The number of hydrogen-bond acceptors (Lipinski definition) is 1. The lowest BCUT2D eigenvalue weighted by Crippen LogP contribution is -2.38. The van der Waals surface area contributed by atoms with Gasteiger partial charge in [0.15, 0.2) is 0 Å². The summed E-state index contributed by atoms with van der Waals surface area (Å²) in [6, 6.07) is -0.178. The van der Waals surface area contributed by atoms with Crippen LogP contribution in [0.15, 0.2) is 12.7 Å². The van der Waals surface area contributed by atoms with Crippen LogP contribution < -0.4 is 5.32 Å². The molecular formula is C8H12N2O. The van der Waals surface area contributed by atoms with E-state index in [1.54, 1.807) is 13.1 Å². The lowest BCUT2D eigenvalue weighted by molar-refractivity contribution is 0.211. The Morgan fingerprint density at radius 3 is 2.91 bits per heavy atom. The Morgan fingerprint density at radius 2 is 2.55 bits per heavy atom. The summed E-state index contributed by atoms with van der Waals surface area (Å²) in [6.07, 6.45) is 6.68. The first-order valence-corrected chi connectivity index (χ1v) is 3.27. The molecule has 0 heterocycles. The average Bonchev–Trinajstić information content (AvgIpc) is 2.03. The molecule has 11 heavy (non-hydrogen) atoms. The van der Waals surface area contributed by atoms with E-state index in [0.717, 1.165) is 0 Å². The lowest BCUT2D eigenvalue weighted by atomic mass is 10.5. The molecule has 0 rings (SSSR count). The highest BCUT2D eigenvalue weighted by Gasteiger charge is 2.06. The largest absolute Gasteiger partial charge is 0.341 e. The van der Waals surface area contributed by atoms with Crippen LogP contribution in [0.25, 0.3) is 0 Å². The van der Waals surface area contributed by atoms with Gasteiger partial charge in [0.2, 0.25) is 0 Å². The maximum atomic E-state index is 11.0. The van der Waals surface area contributed by atoms with Crippen molar-refractivity contribution in [1.82, 2.24) is 10.2 Å². The summed E-state index contributed by atoms with van der Waals surface area (Å²) in [4.78, 5) is 12.4. The first-order valence-electron chi connectivity index (χ1n) is 3.27. The van der Waals surface area contributed by atoms with Gasteiger partial charge in [-0.1, -0.05) is 12.0 Å². The second-order valence-electron chi connectivity index (χ2n) is 1.93. The molecule has 0 aliphatic rings. The second kappa shape index (κ2) is 5.36. The number of hydrogen-bond donors (Lipinski definition) is 1. The minimum atomic E-state index is -0.178. The van der Waals surface area contributed by atoms with Gasteiger partial charge in [0.25, 0.3) is 0 Å². The Labute approximate surface area is 67.1 Å². The van der Waals surface area contributed by atoms with Gasteiger partial charge in [0.1, 0.15) is 0 Å². The van der Waals surface area contributed by atoms with E-state index in [1.165, 1.54) is 4.90 Å². The Morgan fingerprint density at radius 1 is 1.91 bits per heavy atom. The fourth-order valence-corrected chi connectivity index (χ4v) is 0.643. The molecule has 3 heteroatoms. The summed E-state index contributed by atoms with van der Waals surface area (Å²) in [6.45, 7) is 4.30. The SMILES string of the molecule is C#CCN(CC=C)C(=O)NC. The summed E-state index contributed by atoms with van der Waals surface area (Å²) in [5.74, 6) is 2.39. The van der Waals surface area contributed by atoms with Gasteiger partial charge in [0.05, 0.1) is 6.54 Å². The van der Waals surface area contributed by atoms with Crippen LogP contribution in [0.2, 0.25) is 0 Å². The molecule has 0 aromatic rings. The molecule has 0 saturated carbocycles. The van der Waals surface area contributed by atoms with Crippen LogP contribution in [0.1, 0.15) is 0 Å². The highest BCUT2D eigenvalue weighted by molar-refractivity contribution is 5.74. The summed E-state index contributed by atoms with van der Waals surface area (Å²) < 4.78 is 0. The minimum Gasteiger partial charge on any atom is -0.341 e. The van der Waals surface area contributed by atoms with Gasteiger partial charge in [-0.2, -0.15) is 0 Å². The number of amides is 2. The van der Waals surface area contributed by atoms with E-state index < -0.39 is 0 Å². The molecule has 0 spiro atoms. The molecule has 0 aromatic carbocycles. The molecule has 0 radical (unpaired) electrons. The van der Waals surface area contributed by atoms with Gasteiger partial charge in [-0.25, -0.2) is 4.79 Å². The second-order valence-corrected chi connectivity index (χ2v) is 1.93. The van der Waals surface area contributed by atoms with Crippen molar-refractivity contribution < 1.29 is 4.79 Å². The zero-order chi connectivity index (χ0) is 8.69. The molecule has 0 aromatic heterocycles. The molecule has 60 valence electrons. The number of urea groups is 1. The van der Waals surface area contributed by atoms with Crippen LogP contribution in [0.3, 0.4) is 0 Å². The molecular weight excluding hydrogens is 140 g/mol. The normalized spacial score (nSPS) is 8.00. The fraction of sp³-hybridized carbons (Fsp3) is 0.375. The zero-order valence-corrected chi connectivity index (χ0v) is 6.63. The van der Waals surface area contributed by atoms with E-state index in [2.05, 4.69) is 17.8 Å². The van der Waals surface area contributed by atoms with Crippen LogP contribution >= 0.6 is 0 Å². The average molecular weight is 152 g/mol. The van der Waals surface area contributed by atoms with Gasteiger partial charge >= 0.3 is 6.03 Å². The Kier molecular flexibility index (Phi) is 4.67. The Bertz CT molecular complexity index is 181. The zero-order valence-electron chi connectivity index (χ0n) is 6.63. The van der Waals surface area contributed by atoms with Crippen molar-refractivity contribution in [3.8, 4) is 12.3 Å². The minimum absolute atomic E-state index is 0.178. The maximum absolute atomic E-state index is 11.0. The van der Waals surface area contributed by atoms with Crippen molar-refractivity contribution in [3.05, 3.63) is 12.7 Å². The lowest BCUT2D eigenvalue weighted by Gasteiger charge is -2.16.